The summed E-state index contributed by atoms with van der Waals surface area (Å²) < 4.78 is 27.9. The Labute approximate surface area is 408 Å². The second-order valence-electron chi connectivity index (χ2n) is 18.6. The summed E-state index contributed by atoms with van der Waals surface area (Å²) >= 11 is 0. The maximum absolute atomic E-state index is 15.9. The quantitative estimate of drug-likeness (QED) is 0.0716. The van der Waals surface area contributed by atoms with E-state index >= 15 is 9.59 Å². The molecule has 2 aliphatic heterocycles. The fraction of sp³-hybridized carbons (Fsp3) is 0.115. The van der Waals surface area contributed by atoms with Gasteiger partial charge in [-0.3, -0.25) is 24.1 Å². The maximum Gasteiger partial charge on any atom is 0.266 e. The number of imide groups is 2. The molecule has 0 saturated carbocycles. The lowest BCUT2D eigenvalue weighted by molar-refractivity contribution is 0.0649. The summed E-state index contributed by atoms with van der Waals surface area (Å²) in [5, 5.41) is 3.48. The number of benzene rings is 10. The van der Waals surface area contributed by atoms with E-state index in [1.165, 1.54) is 11.9 Å². The number of carbonyl (C=O) groups excluding carboxylic acids is 4. The second kappa shape index (κ2) is 16.6. The molecule has 10 aromatic rings. The van der Waals surface area contributed by atoms with Crippen LogP contribution in [0.3, 0.4) is 0 Å². The summed E-state index contributed by atoms with van der Waals surface area (Å²) in [4.78, 5) is 63.2. The van der Waals surface area contributed by atoms with Crippen molar-refractivity contribution in [1.29, 1.82) is 0 Å². The molecule has 2 heterocycles. The SMILES string of the molecule is CC(C)c1cccc(C(C)C)c1N1C(=O)c2cc(Oc3ccccc3)c3c4c(Oc5ccccc5)cc5c6c(cc(Oc7ccccc7)c(c7c(Oc8ccccc8)cc(c2c37)C1=O)c64)C(=O)N(C)C5=O. The van der Waals surface area contributed by atoms with Crippen molar-refractivity contribution in [2.75, 3.05) is 11.9 Å². The van der Waals surface area contributed by atoms with Crippen molar-refractivity contribution >= 4 is 72.4 Å². The second-order valence-corrected chi connectivity index (χ2v) is 18.6. The van der Waals surface area contributed by atoms with E-state index in [1.807, 2.05) is 140 Å². The lowest BCUT2D eigenvalue weighted by Gasteiger charge is -2.34. The van der Waals surface area contributed by atoms with E-state index in [9.17, 15) is 9.59 Å². The number of hydrogen-bond acceptors (Lipinski definition) is 8. The number of hydrogen-bond donors (Lipinski definition) is 0. The van der Waals surface area contributed by atoms with Gasteiger partial charge >= 0.3 is 0 Å². The van der Waals surface area contributed by atoms with Crippen LogP contribution in [-0.2, 0) is 0 Å². The molecule has 10 nitrogen and oxygen atoms in total. The first kappa shape index (κ1) is 43.3. The third kappa shape index (κ3) is 6.77. The zero-order chi connectivity index (χ0) is 48.8. The van der Waals surface area contributed by atoms with Crippen molar-refractivity contribution in [3.8, 4) is 46.0 Å². The predicted octanol–water partition coefficient (Wildman–Crippen LogP) is 15.2. The molecule has 0 N–H and O–H groups in total. The van der Waals surface area contributed by atoms with Gasteiger partial charge in [0.1, 0.15) is 46.0 Å². The fourth-order valence-electron chi connectivity index (χ4n) is 10.4. The Kier molecular flexibility index (Phi) is 10.1. The summed E-state index contributed by atoms with van der Waals surface area (Å²) in [5.74, 6) is 0.731. The average molecular weight is 933 g/mol. The molecule has 10 aromatic carbocycles. The molecule has 0 saturated heterocycles. The van der Waals surface area contributed by atoms with Crippen LogP contribution in [-0.4, -0.2) is 35.6 Å². The lowest BCUT2D eigenvalue weighted by atomic mass is 9.80. The highest BCUT2D eigenvalue weighted by Crippen LogP contribution is 2.58. The standard InChI is InChI=1S/C61H44N2O8/c1-33(2)39-27-18-28-40(34(3)4)57(39)63-60(66)43-31-47(70-37-23-14-8-15-24-37)53-51-45(68-35-19-10-6-11-20-35)29-41-49-42(59(65)62(5)58(41)64)30-46(69-36-21-12-7-13-22-36)52(55(49)51)54-48(71-38-25-16-9-17-26-38)32-44(61(63)67)50(43)56(53)54/h6-34H,1-5H3. The summed E-state index contributed by atoms with van der Waals surface area (Å²) in [6, 6.07) is 49.6. The van der Waals surface area contributed by atoms with E-state index in [-0.39, 0.29) is 57.1 Å². The van der Waals surface area contributed by atoms with Gasteiger partial charge in [0, 0.05) is 50.1 Å². The van der Waals surface area contributed by atoms with Gasteiger partial charge in [0.15, 0.2) is 0 Å². The first-order valence-electron chi connectivity index (χ1n) is 23.6. The third-order valence-corrected chi connectivity index (χ3v) is 13.6. The summed E-state index contributed by atoms with van der Waals surface area (Å²) in [7, 11) is 1.46. The van der Waals surface area contributed by atoms with Gasteiger partial charge in [-0.05, 0) is 95.8 Å². The van der Waals surface area contributed by atoms with Crippen LogP contribution in [0.5, 0.6) is 46.0 Å². The Morgan fingerprint density at radius 1 is 0.338 bits per heavy atom. The van der Waals surface area contributed by atoms with Crippen molar-refractivity contribution in [3.05, 3.63) is 197 Å². The number of para-hydroxylation sites is 5. The Bertz CT molecular complexity index is 3620. The first-order chi connectivity index (χ1) is 34.5. The molecule has 4 amide bonds. The number of rotatable bonds is 11. The zero-order valence-corrected chi connectivity index (χ0v) is 39.4. The molecule has 0 bridgehead atoms. The number of amides is 4. The highest BCUT2D eigenvalue weighted by molar-refractivity contribution is 6.46. The van der Waals surface area contributed by atoms with Gasteiger partial charge in [-0.15, -0.1) is 0 Å². The van der Waals surface area contributed by atoms with E-state index in [0.717, 1.165) is 16.0 Å². The van der Waals surface area contributed by atoms with Crippen LogP contribution in [0.1, 0.15) is 92.1 Å². The van der Waals surface area contributed by atoms with Gasteiger partial charge < -0.3 is 18.9 Å². The largest absolute Gasteiger partial charge is 0.457 e. The molecule has 346 valence electrons. The fourth-order valence-corrected chi connectivity index (χ4v) is 10.4. The van der Waals surface area contributed by atoms with E-state index in [4.69, 9.17) is 18.9 Å². The monoisotopic (exact) mass is 932 g/mol. The molecule has 10 heteroatoms. The number of nitrogens with zero attached hydrogens (tertiary/aromatic N) is 2. The molecule has 71 heavy (non-hydrogen) atoms. The molecule has 0 atom stereocenters. The van der Waals surface area contributed by atoms with Crippen LogP contribution in [0, 0.1) is 0 Å². The predicted molar refractivity (Wildman–Crippen MR) is 276 cm³/mol. The van der Waals surface area contributed by atoms with E-state index in [2.05, 4.69) is 27.7 Å². The minimum absolute atomic E-state index is 0.0433. The molecule has 0 fully saturated rings. The summed E-state index contributed by atoms with van der Waals surface area (Å²) in [6.45, 7) is 8.21. The van der Waals surface area contributed by atoms with Gasteiger partial charge in [0.25, 0.3) is 23.6 Å². The molecule has 0 aliphatic carbocycles. The summed E-state index contributed by atoms with van der Waals surface area (Å²) in [5.41, 5.74) is 3.16. The van der Waals surface area contributed by atoms with Gasteiger partial charge in [0.2, 0.25) is 0 Å². The Morgan fingerprint density at radius 2 is 0.620 bits per heavy atom. The van der Waals surface area contributed by atoms with Crippen LogP contribution in [0.25, 0.3) is 43.1 Å². The Hall–Kier alpha value is -9.02. The van der Waals surface area contributed by atoms with Crippen molar-refractivity contribution in [3.63, 3.8) is 0 Å². The molecule has 0 radical (unpaired) electrons. The normalized spacial score (nSPS) is 13.5. The minimum atomic E-state index is -0.526. The van der Waals surface area contributed by atoms with Gasteiger partial charge in [-0.1, -0.05) is 119 Å². The van der Waals surface area contributed by atoms with Crippen LogP contribution in [0.4, 0.5) is 5.69 Å². The van der Waals surface area contributed by atoms with E-state index in [0.29, 0.717) is 71.8 Å². The topological polar surface area (TPSA) is 112 Å². The third-order valence-electron chi connectivity index (χ3n) is 13.6. The van der Waals surface area contributed by atoms with Crippen molar-refractivity contribution in [2.45, 2.75) is 39.5 Å². The van der Waals surface area contributed by atoms with Gasteiger partial charge in [-0.25, -0.2) is 4.90 Å². The van der Waals surface area contributed by atoms with E-state index < -0.39 is 23.6 Å². The van der Waals surface area contributed by atoms with Crippen molar-refractivity contribution in [1.82, 2.24) is 4.90 Å². The number of carbonyl (C=O) groups is 4. The Balaban J connectivity index is 1.33. The van der Waals surface area contributed by atoms with Crippen LogP contribution < -0.4 is 23.8 Å². The van der Waals surface area contributed by atoms with Crippen molar-refractivity contribution < 1.29 is 38.1 Å². The van der Waals surface area contributed by atoms with Gasteiger partial charge in [-0.2, -0.15) is 0 Å². The van der Waals surface area contributed by atoms with Crippen molar-refractivity contribution in [2.24, 2.45) is 0 Å². The van der Waals surface area contributed by atoms with Crippen LogP contribution in [0.15, 0.2) is 164 Å². The zero-order valence-electron chi connectivity index (χ0n) is 39.4. The van der Waals surface area contributed by atoms with Crippen LogP contribution in [0.2, 0.25) is 0 Å². The molecular formula is C61H44N2O8. The number of fused-ring (bicyclic) bond motifs is 2. The highest BCUT2D eigenvalue weighted by atomic mass is 16.5. The van der Waals surface area contributed by atoms with E-state index in [1.54, 1.807) is 24.3 Å². The smallest absolute Gasteiger partial charge is 0.266 e. The first-order valence-corrected chi connectivity index (χ1v) is 23.6. The maximum atomic E-state index is 15.9. The molecular weight excluding hydrogens is 889 g/mol. The molecule has 0 spiro atoms. The van der Waals surface area contributed by atoms with Gasteiger partial charge in [0.05, 0.1) is 27.9 Å². The average Bonchev–Trinajstić information content (AvgIpc) is 3.38. The molecule has 0 unspecified atom stereocenters. The molecule has 0 aromatic heterocycles. The molecule has 2 aliphatic rings. The highest BCUT2D eigenvalue weighted by Gasteiger charge is 2.42. The summed E-state index contributed by atoms with van der Waals surface area (Å²) in [6.07, 6.45) is 0. The molecule has 12 rings (SSSR count). The number of ether oxygens (including phenoxy) is 4. The lowest BCUT2D eigenvalue weighted by Crippen LogP contribution is -2.42. The Morgan fingerprint density at radius 3 is 0.901 bits per heavy atom. The van der Waals surface area contributed by atoms with Crippen LogP contribution >= 0.6 is 0 Å². The minimum Gasteiger partial charge on any atom is -0.457 e. The number of anilines is 1.